The third-order valence-corrected chi connectivity index (χ3v) is 4.96. The molecule has 0 amide bonds. The maximum absolute atomic E-state index is 5.98. The molecule has 3 N–H and O–H groups in total. The smallest absolute Gasteiger partial charge is 0.122 e. The quantitative estimate of drug-likeness (QED) is 0.657. The van der Waals surface area contributed by atoms with Gasteiger partial charge in [0.2, 0.25) is 0 Å². The molecule has 1 unspecified atom stereocenters. The van der Waals surface area contributed by atoms with Gasteiger partial charge in [-0.05, 0) is 42.2 Å². The van der Waals surface area contributed by atoms with Gasteiger partial charge in [-0.1, -0.05) is 23.7 Å². The van der Waals surface area contributed by atoms with Crippen LogP contribution >= 0.6 is 22.9 Å². The average molecular weight is 309 g/mol. The highest BCUT2D eigenvalue weighted by Crippen LogP contribution is 2.30. The van der Waals surface area contributed by atoms with E-state index in [1.807, 2.05) is 12.1 Å². The van der Waals surface area contributed by atoms with E-state index in [1.54, 1.807) is 11.3 Å². The zero-order valence-corrected chi connectivity index (χ0v) is 12.6. The number of thiophene rings is 1. The molecule has 20 heavy (non-hydrogen) atoms. The molecule has 106 valence electrons. The summed E-state index contributed by atoms with van der Waals surface area (Å²) in [5.41, 5.74) is 5.53. The maximum Gasteiger partial charge on any atom is 0.122 e. The van der Waals surface area contributed by atoms with Gasteiger partial charge in [-0.15, -0.1) is 11.3 Å². The summed E-state index contributed by atoms with van der Waals surface area (Å²) in [7, 11) is 0. The van der Waals surface area contributed by atoms with Gasteiger partial charge in [0, 0.05) is 11.3 Å². The molecule has 2 aromatic rings. The van der Waals surface area contributed by atoms with Gasteiger partial charge in [-0.2, -0.15) is 0 Å². The number of aryl methyl sites for hydroxylation is 1. The van der Waals surface area contributed by atoms with Gasteiger partial charge >= 0.3 is 0 Å². The van der Waals surface area contributed by atoms with Crippen molar-refractivity contribution in [2.75, 3.05) is 6.61 Å². The van der Waals surface area contributed by atoms with E-state index in [1.165, 1.54) is 16.0 Å². The van der Waals surface area contributed by atoms with E-state index in [0.717, 1.165) is 36.0 Å². The third kappa shape index (κ3) is 2.99. The SMILES string of the molecule is NNC(CCc1ccc2c(c1)CCO2)c1ccc(Cl)s1. The van der Waals surface area contributed by atoms with E-state index in [-0.39, 0.29) is 6.04 Å². The molecule has 0 spiro atoms. The van der Waals surface area contributed by atoms with Crippen LogP contribution in [0, 0.1) is 0 Å². The van der Waals surface area contributed by atoms with Crippen molar-refractivity contribution in [2.45, 2.75) is 25.3 Å². The summed E-state index contributed by atoms with van der Waals surface area (Å²) in [4.78, 5) is 1.18. The summed E-state index contributed by atoms with van der Waals surface area (Å²) < 4.78 is 6.33. The summed E-state index contributed by atoms with van der Waals surface area (Å²) in [6.07, 6.45) is 2.95. The lowest BCUT2D eigenvalue weighted by Gasteiger charge is -2.14. The number of nitrogens with two attached hydrogens (primary N) is 1. The van der Waals surface area contributed by atoms with Gasteiger partial charge < -0.3 is 4.74 Å². The fourth-order valence-corrected chi connectivity index (χ4v) is 3.69. The number of hydrazine groups is 1. The molecule has 1 atom stereocenters. The second-order valence-electron chi connectivity index (χ2n) is 4.94. The van der Waals surface area contributed by atoms with Gasteiger partial charge in [0.25, 0.3) is 0 Å². The molecule has 1 aliphatic rings. The topological polar surface area (TPSA) is 47.3 Å². The number of ether oxygens (including phenoxy) is 1. The highest BCUT2D eigenvalue weighted by Gasteiger charge is 2.15. The van der Waals surface area contributed by atoms with E-state index in [0.29, 0.717) is 0 Å². The molecule has 5 heteroatoms. The van der Waals surface area contributed by atoms with Crippen LogP contribution in [0.5, 0.6) is 5.75 Å². The zero-order valence-electron chi connectivity index (χ0n) is 11.1. The first-order chi connectivity index (χ1) is 9.76. The number of hydrogen-bond donors (Lipinski definition) is 2. The van der Waals surface area contributed by atoms with Crippen molar-refractivity contribution in [1.82, 2.24) is 5.43 Å². The van der Waals surface area contributed by atoms with Crippen LogP contribution in [-0.4, -0.2) is 6.61 Å². The molecule has 0 aliphatic carbocycles. The number of benzene rings is 1. The second-order valence-corrected chi connectivity index (χ2v) is 6.69. The Morgan fingerprint density at radius 1 is 1.35 bits per heavy atom. The molecule has 1 aliphatic heterocycles. The molecular weight excluding hydrogens is 292 g/mol. The summed E-state index contributed by atoms with van der Waals surface area (Å²) in [5, 5.41) is 0. The third-order valence-electron chi connectivity index (χ3n) is 3.61. The standard InChI is InChI=1S/C15H17ClN2OS/c16-15-6-5-14(20-15)12(18-17)3-1-10-2-4-13-11(9-10)7-8-19-13/h2,4-6,9,12,18H,1,3,7-8,17H2. The lowest BCUT2D eigenvalue weighted by atomic mass is 10.0. The minimum absolute atomic E-state index is 0.150. The number of halogens is 1. The zero-order chi connectivity index (χ0) is 13.9. The molecule has 0 saturated carbocycles. The molecule has 1 aromatic heterocycles. The van der Waals surface area contributed by atoms with Gasteiger partial charge in [0.1, 0.15) is 5.75 Å². The molecule has 0 saturated heterocycles. The fourth-order valence-electron chi connectivity index (χ4n) is 2.53. The minimum atomic E-state index is 0.150. The Hall–Kier alpha value is -1.07. The predicted octanol–water partition coefficient (Wildman–Crippen LogP) is 3.47. The molecule has 0 fully saturated rings. The van der Waals surface area contributed by atoms with Crippen molar-refractivity contribution in [2.24, 2.45) is 5.84 Å². The molecule has 3 rings (SSSR count). The van der Waals surface area contributed by atoms with Crippen molar-refractivity contribution >= 4 is 22.9 Å². The Balaban J connectivity index is 1.66. The molecule has 1 aromatic carbocycles. The van der Waals surface area contributed by atoms with Gasteiger partial charge in [-0.25, -0.2) is 0 Å². The lowest BCUT2D eigenvalue weighted by molar-refractivity contribution is 0.357. The van der Waals surface area contributed by atoms with Crippen molar-refractivity contribution < 1.29 is 4.74 Å². The van der Waals surface area contributed by atoms with Crippen LogP contribution in [0.3, 0.4) is 0 Å². The number of nitrogens with one attached hydrogen (secondary N) is 1. The predicted molar refractivity (Wildman–Crippen MR) is 83.4 cm³/mol. The van der Waals surface area contributed by atoms with Crippen LogP contribution in [0.15, 0.2) is 30.3 Å². The monoisotopic (exact) mass is 308 g/mol. The lowest BCUT2D eigenvalue weighted by Crippen LogP contribution is -2.27. The number of hydrogen-bond acceptors (Lipinski definition) is 4. The second kappa shape index (κ2) is 6.14. The Morgan fingerprint density at radius 3 is 3.00 bits per heavy atom. The van der Waals surface area contributed by atoms with Crippen molar-refractivity contribution in [3.05, 3.63) is 50.7 Å². The largest absolute Gasteiger partial charge is 0.493 e. The average Bonchev–Trinajstić information content (AvgIpc) is 3.08. The van der Waals surface area contributed by atoms with Gasteiger partial charge in [0.15, 0.2) is 0 Å². The van der Waals surface area contributed by atoms with E-state index < -0.39 is 0 Å². The molecule has 0 radical (unpaired) electrons. The summed E-state index contributed by atoms with van der Waals surface area (Å²) in [5.74, 6) is 6.70. The van der Waals surface area contributed by atoms with Crippen LogP contribution in [0.1, 0.15) is 28.5 Å². The Kier molecular flexibility index (Phi) is 4.27. The highest BCUT2D eigenvalue weighted by atomic mass is 35.5. The highest BCUT2D eigenvalue weighted by molar-refractivity contribution is 7.16. The van der Waals surface area contributed by atoms with Crippen LogP contribution in [0.25, 0.3) is 0 Å². The van der Waals surface area contributed by atoms with Crippen LogP contribution in [-0.2, 0) is 12.8 Å². The maximum atomic E-state index is 5.98. The van der Waals surface area contributed by atoms with Crippen LogP contribution in [0.2, 0.25) is 4.34 Å². The van der Waals surface area contributed by atoms with Crippen molar-refractivity contribution in [1.29, 1.82) is 0 Å². The summed E-state index contributed by atoms with van der Waals surface area (Å²) in [6.45, 7) is 0.805. The molecule has 0 bridgehead atoms. The van der Waals surface area contributed by atoms with E-state index in [2.05, 4.69) is 23.6 Å². The normalized spacial score (nSPS) is 14.9. The van der Waals surface area contributed by atoms with Crippen molar-refractivity contribution in [3.63, 3.8) is 0 Å². The first kappa shape index (κ1) is 13.9. The van der Waals surface area contributed by atoms with Crippen LogP contribution in [0.4, 0.5) is 0 Å². The van der Waals surface area contributed by atoms with E-state index in [9.17, 15) is 0 Å². The first-order valence-corrected chi connectivity index (χ1v) is 7.91. The summed E-state index contributed by atoms with van der Waals surface area (Å²) >= 11 is 7.56. The van der Waals surface area contributed by atoms with Gasteiger partial charge in [0.05, 0.1) is 17.0 Å². The molecular formula is C15H17ClN2OS. The summed E-state index contributed by atoms with van der Waals surface area (Å²) in [6, 6.07) is 10.6. The van der Waals surface area contributed by atoms with Crippen molar-refractivity contribution in [3.8, 4) is 5.75 Å². The number of fused-ring (bicyclic) bond motifs is 1. The molecule has 3 nitrogen and oxygen atoms in total. The van der Waals surface area contributed by atoms with Gasteiger partial charge in [-0.3, -0.25) is 11.3 Å². The Bertz CT molecular complexity index is 599. The van der Waals surface area contributed by atoms with E-state index >= 15 is 0 Å². The Labute approximate surface area is 127 Å². The van der Waals surface area contributed by atoms with Crippen LogP contribution < -0.4 is 16.0 Å². The minimum Gasteiger partial charge on any atom is -0.493 e. The fraction of sp³-hybridized carbons (Fsp3) is 0.333. The first-order valence-electron chi connectivity index (χ1n) is 6.72. The Morgan fingerprint density at radius 2 is 2.25 bits per heavy atom. The van der Waals surface area contributed by atoms with E-state index in [4.69, 9.17) is 22.2 Å². The molecule has 2 heterocycles. The number of rotatable bonds is 5.